The fraction of sp³-hybridized carbons (Fsp3) is 0.200. The summed E-state index contributed by atoms with van der Waals surface area (Å²) < 4.78 is 5.03. The molecule has 0 radical (unpaired) electrons. The summed E-state index contributed by atoms with van der Waals surface area (Å²) in [5, 5.41) is 11.2. The van der Waals surface area contributed by atoms with Gasteiger partial charge in [-0.05, 0) is 36.2 Å². The second kappa shape index (κ2) is 6.71. The van der Waals surface area contributed by atoms with Gasteiger partial charge in [0.2, 0.25) is 5.82 Å². The van der Waals surface area contributed by atoms with E-state index in [-0.39, 0.29) is 17.6 Å². The van der Waals surface area contributed by atoms with Crippen LogP contribution in [0.5, 0.6) is 0 Å². The zero-order valence-corrected chi connectivity index (χ0v) is 13.8. The number of amides is 1. The largest absolute Gasteiger partial charge is 0.340 e. The van der Waals surface area contributed by atoms with Crippen molar-refractivity contribution < 1.29 is 9.32 Å². The molecule has 0 saturated carbocycles. The van der Waals surface area contributed by atoms with E-state index < -0.39 is 5.91 Å². The Morgan fingerprint density at radius 1 is 1.29 bits per heavy atom. The summed E-state index contributed by atoms with van der Waals surface area (Å²) in [6.07, 6.45) is 0. The van der Waals surface area contributed by atoms with Gasteiger partial charge in [0.15, 0.2) is 5.69 Å². The maximum absolute atomic E-state index is 12.0. The van der Waals surface area contributed by atoms with Crippen molar-refractivity contribution in [1.29, 1.82) is 0 Å². The van der Waals surface area contributed by atoms with Crippen LogP contribution in [0.3, 0.4) is 0 Å². The summed E-state index contributed by atoms with van der Waals surface area (Å²) >= 11 is 5.84. The molecule has 0 aliphatic carbocycles. The zero-order chi connectivity index (χ0) is 17.1. The Morgan fingerprint density at radius 2 is 2.04 bits per heavy atom. The highest BCUT2D eigenvalue weighted by Crippen LogP contribution is 2.19. The quantitative estimate of drug-likeness (QED) is 0.613. The molecule has 1 aromatic carbocycles. The number of rotatable bonds is 5. The number of carbonyl (C=O) groups excluding carboxylic acids is 1. The summed E-state index contributed by atoms with van der Waals surface area (Å²) in [5.74, 6) is 0.222. The van der Waals surface area contributed by atoms with Crippen LogP contribution in [0.2, 0.25) is 5.02 Å². The number of aromatic nitrogens is 4. The number of carbonyl (C=O) groups is 1. The molecular formula is C15H15ClN6O2. The van der Waals surface area contributed by atoms with E-state index in [4.69, 9.17) is 16.1 Å². The molecule has 2 aromatic heterocycles. The highest BCUT2D eigenvalue weighted by molar-refractivity contribution is 6.30. The number of anilines is 1. The van der Waals surface area contributed by atoms with Crippen molar-refractivity contribution in [3.05, 3.63) is 46.7 Å². The van der Waals surface area contributed by atoms with Crippen LogP contribution in [-0.4, -0.2) is 26.2 Å². The Kier molecular flexibility index (Phi) is 4.48. The molecule has 0 bridgehead atoms. The predicted molar refractivity (Wildman–Crippen MR) is 88.5 cm³/mol. The molecule has 3 rings (SSSR count). The number of H-pyrrole nitrogens is 1. The van der Waals surface area contributed by atoms with Crippen LogP contribution < -0.4 is 10.9 Å². The van der Waals surface area contributed by atoms with Crippen LogP contribution in [0.15, 0.2) is 34.9 Å². The normalized spacial score (nSPS) is 10.8. The average molecular weight is 347 g/mol. The number of hydrazine groups is 1. The fourth-order valence-electron chi connectivity index (χ4n) is 1.91. The van der Waals surface area contributed by atoms with Gasteiger partial charge in [0.25, 0.3) is 5.91 Å². The number of hydrogen-bond acceptors (Lipinski definition) is 6. The van der Waals surface area contributed by atoms with Gasteiger partial charge in [-0.2, -0.15) is 10.1 Å². The smallest absolute Gasteiger partial charge is 0.313 e. The number of nitrogens with one attached hydrogen (secondary N) is 3. The van der Waals surface area contributed by atoms with Gasteiger partial charge < -0.3 is 4.52 Å². The monoisotopic (exact) mass is 346 g/mol. The third kappa shape index (κ3) is 3.54. The number of halogens is 1. The minimum absolute atomic E-state index is 0.0629. The second-order valence-electron chi connectivity index (χ2n) is 5.37. The minimum Gasteiger partial charge on any atom is -0.313 e. The van der Waals surface area contributed by atoms with Gasteiger partial charge in [-0.25, -0.2) is 5.43 Å². The van der Waals surface area contributed by atoms with Crippen molar-refractivity contribution in [2.45, 2.75) is 19.8 Å². The second-order valence-corrected chi connectivity index (χ2v) is 5.81. The van der Waals surface area contributed by atoms with Gasteiger partial charge in [0, 0.05) is 16.3 Å². The molecule has 0 aliphatic heterocycles. The van der Waals surface area contributed by atoms with Crippen molar-refractivity contribution in [3.63, 3.8) is 0 Å². The molecule has 0 spiro atoms. The van der Waals surface area contributed by atoms with Crippen LogP contribution >= 0.6 is 11.6 Å². The number of nitrogens with zero attached hydrogens (tertiary/aromatic N) is 3. The van der Waals surface area contributed by atoms with Crippen molar-refractivity contribution in [1.82, 2.24) is 25.8 Å². The molecule has 0 saturated heterocycles. The first-order valence-corrected chi connectivity index (χ1v) is 7.62. The van der Waals surface area contributed by atoms with E-state index in [0.29, 0.717) is 10.8 Å². The van der Waals surface area contributed by atoms with Crippen LogP contribution in [0.4, 0.5) is 6.01 Å². The molecule has 8 nitrogen and oxygen atoms in total. The molecule has 24 heavy (non-hydrogen) atoms. The van der Waals surface area contributed by atoms with E-state index >= 15 is 0 Å². The van der Waals surface area contributed by atoms with Gasteiger partial charge >= 0.3 is 6.01 Å². The van der Waals surface area contributed by atoms with Gasteiger partial charge in [-0.1, -0.05) is 30.6 Å². The van der Waals surface area contributed by atoms with Gasteiger partial charge in [-0.3, -0.25) is 15.3 Å². The lowest BCUT2D eigenvalue weighted by Crippen LogP contribution is -2.29. The van der Waals surface area contributed by atoms with E-state index in [9.17, 15) is 4.79 Å². The Labute approximate surface area is 142 Å². The highest BCUT2D eigenvalue weighted by Gasteiger charge is 2.13. The summed E-state index contributed by atoms with van der Waals surface area (Å²) in [6.45, 7) is 4.01. The third-order valence-corrected chi connectivity index (χ3v) is 3.52. The van der Waals surface area contributed by atoms with E-state index in [0.717, 1.165) is 11.3 Å². The lowest BCUT2D eigenvalue weighted by atomic mass is 10.1. The molecule has 9 heteroatoms. The van der Waals surface area contributed by atoms with Gasteiger partial charge in [0.1, 0.15) is 0 Å². The maximum atomic E-state index is 12.0. The first-order valence-electron chi connectivity index (χ1n) is 7.24. The average Bonchev–Trinajstić information content (AvgIpc) is 3.23. The maximum Gasteiger partial charge on any atom is 0.340 e. The molecular weight excluding hydrogens is 332 g/mol. The molecule has 3 N–H and O–H groups in total. The Morgan fingerprint density at radius 3 is 2.71 bits per heavy atom. The standard InChI is InChI=1S/C15H15ClN6O2/c1-8(2)11-7-12(19-18-11)14(23)20-21-15-17-13(22-24-15)9-3-5-10(16)6-4-9/h3-8H,1-2H3,(H,18,19)(H,20,23)(H,17,21,22). The Hall–Kier alpha value is -2.87. The number of benzene rings is 1. The first kappa shape index (κ1) is 16.0. The molecule has 2 heterocycles. The lowest BCUT2D eigenvalue weighted by molar-refractivity contribution is 0.0956. The van der Waals surface area contributed by atoms with Crippen molar-refractivity contribution >= 4 is 23.5 Å². The third-order valence-electron chi connectivity index (χ3n) is 3.26. The topological polar surface area (TPSA) is 109 Å². The highest BCUT2D eigenvalue weighted by atomic mass is 35.5. The molecule has 1 amide bonds. The molecule has 0 atom stereocenters. The molecule has 0 aliphatic rings. The summed E-state index contributed by atoms with van der Waals surface area (Å²) in [7, 11) is 0. The van der Waals surface area contributed by atoms with E-state index in [1.54, 1.807) is 30.3 Å². The SMILES string of the molecule is CC(C)c1cc(C(=O)NNc2nc(-c3ccc(Cl)cc3)no2)n[nH]1. The first-order chi connectivity index (χ1) is 11.5. The van der Waals surface area contributed by atoms with E-state index in [2.05, 4.69) is 31.2 Å². The molecule has 0 unspecified atom stereocenters. The van der Waals surface area contributed by atoms with Crippen LogP contribution in [0.25, 0.3) is 11.4 Å². The minimum atomic E-state index is -0.413. The van der Waals surface area contributed by atoms with Gasteiger partial charge in [-0.15, -0.1) is 0 Å². The lowest BCUT2D eigenvalue weighted by Gasteiger charge is -2.01. The Balaban J connectivity index is 1.62. The van der Waals surface area contributed by atoms with Crippen molar-refractivity contribution in [2.75, 3.05) is 5.43 Å². The summed E-state index contributed by atoms with van der Waals surface area (Å²) in [5.41, 5.74) is 6.91. The zero-order valence-electron chi connectivity index (χ0n) is 13.0. The summed E-state index contributed by atoms with van der Waals surface area (Å²) in [4.78, 5) is 16.1. The van der Waals surface area contributed by atoms with Crippen LogP contribution in [-0.2, 0) is 0 Å². The van der Waals surface area contributed by atoms with E-state index in [1.807, 2.05) is 13.8 Å². The van der Waals surface area contributed by atoms with Crippen molar-refractivity contribution in [3.8, 4) is 11.4 Å². The Bertz CT molecular complexity index is 840. The predicted octanol–water partition coefficient (Wildman–Crippen LogP) is 2.99. The number of aromatic amines is 1. The molecule has 0 fully saturated rings. The van der Waals surface area contributed by atoms with Gasteiger partial charge in [0.05, 0.1) is 0 Å². The van der Waals surface area contributed by atoms with Crippen molar-refractivity contribution in [2.24, 2.45) is 0 Å². The molecule has 124 valence electrons. The molecule has 3 aromatic rings. The fourth-order valence-corrected chi connectivity index (χ4v) is 2.04. The van der Waals surface area contributed by atoms with E-state index in [1.165, 1.54) is 0 Å². The van der Waals surface area contributed by atoms with Crippen LogP contribution in [0.1, 0.15) is 35.9 Å². The summed E-state index contributed by atoms with van der Waals surface area (Å²) in [6, 6.07) is 8.75. The van der Waals surface area contributed by atoms with Crippen LogP contribution in [0, 0.1) is 0 Å². The number of hydrogen-bond donors (Lipinski definition) is 3.